The number of rotatable bonds is 5. The van der Waals surface area contributed by atoms with Gasteiger partial charge in [0.1, 0.15) is 0 Å². The lowest BCUT2D eigenvalue weighted by Crippen LogP contribution is -2.38. The molecule has 1 aromatic rings. The Morgan fingerprint density at radius 1 is 1.33 bits per heavy atom. The van der Waals surface area contributed by atoms with Crippen molar-refractivity contribution in [2.75, 3.05) is 13.1 Å². The maximum Gasteiger partial charge on any atom is 0.306 e. The van der Waals surface area contributed by atoms with Gasteiger partial charge >= 0.3 is 11.9 Å². The third-order valence-electron chi connectivity index (χ3n) is 2.86. The molecule has 0 bridgehead atoms. The Morgan fingerprint density at radius 2 is 1.89 bits per heavy atom. The minimum absolute atomic E-state index is 0.0714. The van der Waals surface area contributed by atoms with Gasteiger partial charge in [-0.15, -0.1) is 0 Å². The second-order valence-electron chi connectivity index (χ2n) is 3.99. The molecule has 18 heavy (non-hydrogen) atoms. The summed E-state index contributed by atoms with van der Waals surface area (Å²) < 4.78 is 1.00. The molecule has 4 heteroatoms. The largest absolute Gasteiger partial charge is 0.337 e. The smallest absolute Gasteiger partial charge is 0.306 e. The second-order valence-corrected chi connectivity index (χ2v) is 4.90. The summed E-state index contributed by atoms with van der Waals surface area (Å²) in [5.41, 5.74) is 1.01. The van der Waals surface area contributed by atoms with E-state index in [9.17, 15) is 4.79 Å². The maximum absolute atomic E-state index is 12.1. The highest BCUT2D eigenvalue weighted by atomic mass is 79.9. The number of carbonyl (C=O) groups is 1. The fourth-order valence-electron chi connectivity index (χ4n) is 1.78. The van der Waals surface area contributed by atoms with Gasteiger partial charge in [-0.3, -0.25) is 4.79 Å². The van der Waals surface area contributed by atoms with E-state index < -0.39 is 6.04 Å². The van der Waals surface area contributed by atoms with Crippen molar-refractivity contribution in [2.45, 2.75) is 26.3 Å². The van der Waals surface area contributed by atoms with Crippen LogP contribution in [0.3, 0.4) is 0 Å². The van der Waals surface area contributed by atoms with Crippen LogP contribution in [0, 0.1) is 6.57 Å². The number of nitrogens with zero attached hydrogens (tertiary/aromatic N) is 2. The molecule has 0 aliphatic rings. The fourth-order valence-corrected chi connectivity index (χ4v) is 2.04. The molecule has 0 aliphatic carbocycles. The first-order valence-corrected chi connectivity index (χ1v) is 6.81. The quantitative estimate of drug-likeness (QED) is 0.767. The Labute approximate surface area is 117 Å². The van der Waals surface area contributed by atoms with Gasteiger partial charge in [-0.2, -0.15) is 0 Å². The average molecular weight is 309 g/mol. The van der Waals surface area contributed by atoms with E-state index in [-0.39, 0.29) is 5.91 Å². The number of amides is 1. The van der Waals surface area contributed by atoms with Crippen LogP contribution < -0.4 is 0 Å². The molecule has 0 saturated carbocycles. The van der Waals surface area contributed by atoms with Crippen LogP contribution in [0.25, 0.3) is 4.85 Å². The first kappa shape index (κ1) is 14.7. The highest BCUT2D eigenvalue weighted by Crippen LogP contribution is 2.14. The van der Waals surface area contributed by atoms with Crippen molar-refractivity contribution in [3.8, 4) is 0 Å². The Kier molecular flexibility index (Phi) is 5.87. The number of carbonyl (C=O) groups excluding carboxylic acids is 1. The summed E-state index contributed by atoms with van der Waals surface area (Å²) in [4.78, 5) is 17.3. The average Bonchev–Trinajstić information content (AvgIpc) is 2.39. The molecular formula is C14H17BrN2O. The van der Waals surface area contributed by atoms with Crippen molar-refractivity contribution in [3.05, 3.63) is 45.7 Å². The zero-order valence-corrected chi connectivity index (χ0v) is 12.3. The van der Waals surface area contributed by atoms with E-state index in [1.165, 1.54) is 0 Å². The Balaban J connectivity index is 2.76. The van der Waals surface area contributed by atoms with Crippen LogP contribution >= 0.6 is 15.9 Å². The van der Waals surface area contributed by atoms with E-state index in [1.807, 2.05) is 38.1 Å². The van der Waals surface area contributed by atoms with Gasteiger partial charge in [0.2, 0.25) is 0 Å². The van der Waals surface area contributed by atoms with E-state index in [1.54, 1.807) is 4.90 Å². The summed E-state index contributed by atoms with van der Waals surface area (Å²) in [6.45, 7) is 12.4. The molecule has 0 N–H and O–H groups in total. The SMILES string of the molecule is [C-]#[N+]C(Cc1ccc(Br)cc1)C(=O)N(CC)CC. The number of likely N-dealkylation sites (N-methyl/N-ethyl adjacent to an activating group) is 1. The van der Waals surface area contributed by atoms with Crippen molar-refractivity contribution in [2.24, 2.45) is 0 Å². The number of benzene rings is 1. The highest BCUT2D eigenvalue weighted by molar-refractivity contribution is 9.10. The van der Waals surface area contributed by atoms with Crippen molar-refractivity contribution >= 4 is 21.8 Å². The molecule has 0 aromatic heterocycles. The molecule has 1 aromatic carbocycles. The van der Waals surface area contributed by atoms with Crippen molar-refractivity contribution in [1.82, 2.24) is 4.90 Å². The molecule has 3 nitrogen and oxygen atoms in total. The zero-order chi connectivity index (χ0) is 13.5. The van der Waals surface area contributed by atoms with Gasteiger partial charge in [0.05, 0.1) is 6.42 Å². The predicted molar refractivity (Wildman–Crippen MR) is 76.2 cm³/mol. The minimum Gasteiger partial charge on any atom is -0.337 e. The third-order valence-corrected chi connectivity index (χ3v) is 3.39. The molecule has 1 atom stereocenters. The monoisotopic (exact) mass is 308 g/mol. The molecule has 0 saturated heterocycles. The fraction of sp³-hybridized carbons (Fsp3) is 0.429. The molecule has 96 valence electrons. The molecule has 0 heterocycles. The Bertz CT molecular complexity index is 432. The molecule has 1 unspecified atom stereocenters. The molecule has 0 aliphatic heterocycles. The molecule has 0 spiro atoms. The van der Waals surface area contributed by atoms with E-state index in [2.05, 4.69) is 20.8 Å². The summed E-state index contributed by atoms with van der Waals surface area (Å²) in [6, 6.07) is 7.14. The summed E-state index contributed by atoms with van der Waals surface area (Å²) in [7, 11) is 0. The van der Waals surface area contributed by atoms with Gasteiger partial charge in [-0.25, -0.2) is 6.57 Å². The van der Waals surface area contributed by atoms with Gasteiger partial charge in [0.25, 0.3) is 0 Å². The zero-order valence-electron chi connectivity index (χ0n) is 10.7. The first-order valence-electron chi connectivity index (χ1n) is 6.02. The van der Waals surface area contributed by atoms with E-state index in [0.717, 1.165) is 10.0 Å². The van der Waals surface area contributed by atoms with Crippen molar-refractivity contribution < 1.29 is 4.79 Å². The van der Waals surface area contributed by atoms with Crippen LogP contribution in [0.4, 0.5) is 0 Å². The number of halogens is 1. The predicted octanol–water partition coefficient (Wildman–Crippen LogP) is 3.15. The van der Waals surface area contributed by atoms with Gasteiger partial charge in [0, 0.05) is 17.6 Å². The molecule has 0 radical (unpaired) electrons. The van der Waals surface area contributed by atoms with E-state index in [0.29, 0.717) is 19.5 Å². The normalized spacial score (nSPS) is 11.7. The number of hydrogen-bond donors (Lipinski definition) is 0. The summed E-state index contributed by atoms with van der Waals surface area (Å²) in [6.07, 6.45) is 0.478. The van der Waals surface area contributed by atoms with Crippen LogP contribution in [-0.4, -0.2) is 29.9 Å². The summed E-state index contributed by atoms with van der Waals surface area (Å²) in [5, 5.41) is 0. The van der Waals surface area contributed by atoms with Crippen molar-refractivity contribution in [3.63, 3.8) is 0 Å². The summed E-state index contributed by atoms with van der Waals surface area (Å²) in [5.74, 6) is -0.0714. The van der Waals surface area contributed by atoms with Gasteiger partial charge in [-0.1, -0.05) is 28.1 Å². The standard InChI is InChI=1S/C14H17BrN2O/c1-4-17(5-2)14(18)13(16-3)10-11-6-8-12(15)9-7-11/h6-9,13H,4-5,10H2,1-2H3. The van der Waals surface area contributed by atoms with E-state index >= 15 is 0 Å². The molecule has 1 amide bonds. The third kappa shape index (κ3) is 3.85. The Hall–Kier alpha value is -1.34. The van der Waals surface area contributed by atoms with Gasteiger partial charge in [-0.05, 0) is 31.5 Å². The van der Waals surface area contributed by atoms with Crippen LogP contribution in [0.2, 0.25) is 0 Å². The maximum atomic E-state index is 12.1. The lowest BCUT2D eigenvalue weighted by atomic mass is 10.1. The Morgan fingerprint density at radius 3 is 2.33 bits per heavy atom. The highest BCUT2D eigenvalue weighted by Gasteiger charge is 2.27. The molecule has 0 fully saturated rings. The van der Waals surface area contributed by atoms with Crippen LogP contribution in [-0.2, 0) is 11.2 Å². The lowest BCUT2D eigenvalue weighted by Gasteiger charge is -2.19. The van der Waals surface area contributed by atoms with E-state index in [4.69, 9.17) is 6.57 Å². The number of hydrogen-bond acceptors (Lipinski definition) is 1. The van der Waals surface area contributed by atoms with Crippen molar-refractivity contribution in [1.29, 1.82) is 0 Å². The van der Waals surface area contributed by atoms with Crippen LogP contribution in [0.5, 0.6) is 0 Å². The molecular weight excluding hydrogens is 292 g/mol. The van der Waals surface area contributed by atoms with Gasteiger partial charge < -0.3 is 9.74 Å². The summed E-state index contributed by atoms with van der Waals surface area (Å²) >= 11 is 3.37. The van der Waals surface area contributed by atoms with Crippen LogP contribution in [0.15, 0.2) is 28.7 Å². The minimum atomic E-state index is -0.605. The van der Waals surface area contributed by atoms with Crippen LogP contribution in [0.1, 0.15) is 19.4 Å². The molecule has 1 rings (SSSR count). The topological polar surface area (TPSA) is 24.7 Å². The lowest BCUT2D eigenvalue weighted by molar-refractivity contribution is -0.131. The first-order chi connectivity index (χ1) is 8.62. The van der Waals surface area contributed by atoms with Gasteiger partial charge in [0.15, 0.2) is 0 Å². The second kappa shape index (κ2) is 7.17.